The number of amides is 1. The van der Waals surface area contributed by atoms with Gasteiger partial charge in [-0.3, -0.25) is 14.6 Å². The molecule has 1 heterocycles. The van der Waals surface area contributed by atoms with Crippen molar-refractivity contribution in [1.29, 1.82) is 0 Å². The SMILES string of the molecule is CC(C)c1cccc(-c2ccc(-n3cc(C(=O)NO)nc3-c3ccccc3Cl)cc2)c1. The molecule has 0 atom stereocenters. The van der Waals surface area contributed by atoms with Crippen molar-refractivity contribution in [3.05, 3.63) is 95.3 Å². The van der Waals surface area contributed by atoms with Crippen LogP contribution in [0.2, 0.25) is 5.02 Å². The standard InChI is InChI=1S/C25H22ClN3O2/c1-16(2)18-6-5-7-19(14-18)17-10-12-20(13-11-17)29-15-23(25(30)28-31)27-24(29)21-8-3-4-9-22(21)26/h3-16,31H,1-2H3,(H,28,30). The van der Waals surface area contributed by atoms with Crippen LogP contribution in [0.1, 0.15) is 35.8 Å². The maximum Gasteiger partial charge on any atom is 0.294 e. The van der Waals surface area contributed by atoms with E-state index in [4.69, 9.17) is 16.8 Å². The van der Waals surface area contributed by atoms with Gasteiger partial charge in [0.15, 0.2) is 0 Å². The molecule has 0 spiro atoms. The van der Waals surface area contributed by atoms with Crippen LogP contribution >= 0.6 is 11.6 Å². The molecule has 0 saturated heterocycles. The molecule has 1 amide bonds. The van der Waals surface area contributed by atoms with E-state index in [2.05, 4.69) is 43.1 Å². The molecule has 3 aromatic carbocycles. The lowest BCUT2D eigenvalue weighted by molar-refractivity contribution is 0.0701. The Bertz CT molecular complexity index is 1230. The summed E-state index contributed by atoms with van der Waals surface area (Å²) in [6.07, 6.45) is 1.58. The minimum atomic E-state index is -0.686. The molecule has 4 rings (SSSR count). The first kappa shape index (κ1) is 20.8. The van der Waals surface area contributed by atoms with Crippen LogP contribution < -0.4 is 5.48 Å². The fourth-order valence-corrected chi connectivity index (χ4v) is 3.69. The topological polar surface area (TPSA) is 67.2 Å². The highest BCUT2D eigenvalue weighted by atomic mass is 35.5. The van der Waals surface area contributed by atoms with Gasteiger partial charge in [0, 0.05) is 17.4 Å². The van der Waals surface area contributed by atoms with E-state index in [0.29, 0.717) is 22.3 Å². The van der Waals surface area contributed by atoms with Crippen LogP contribution in [0.4, 0.5) is 0 Å². The molecule has 0 unspecified atom stereocenters. The second kappa shape index (κ2) is 8.76. The van der Waals surface area contributed by atoms with Crippen molar-refractivity contribution >= 4 is 17.5 Å². The number of rotatable bonds is 5. The summed E-state index contributed by atoms with van der Waals surface area (Å²) in [6.45, 7) is 4.36. The van der Waals surface area contributed by atoms with Crippen LogP contribution in [-0.2, 0) is 0 Å². The number of nitrogens with one attached hydrogen (secondary N) is 1. The quantitative estimate of drug-likeness (QED) is 0.296. The minimum absolute atomic E-state index is 0.0890. The summed E-state index contributed by atoms with van der Waals surface area (Å²) < 4.78 is 1.79. The summed E-state index contributed by atoms with van der Waals surface area (Å²) in [4.78, 5) is 16.4. The molecule has 1 aromatic heterocycles. The van der Waals surface area contributed by atoms with E-state index in [1.54, 1.807) is 22.3 Å². The summed E-state index contributed by atoms with van der Waals surface area (Å²) >= 11 is 6.38. The van der Waals surface area contributed by atoms with Gasteiger partial charge in [-0.2, -0.15) is 0 Å². The number of hydroxylamine groups is 1. The third-order valence-electron chi connectivity index (χ3n) is 5.19. The third kappa shape index (κ3) is 4.24. The molecule has 0 aliphatic heterocycles. The lowest BCUT2D eigenvalue weighted by atomic mass is 9.97. The molecule has 0 bridgehead atoms. The average Bonchev–Trinajstić information content (AvgIpc) is 3.24. The van der Waals surface area contributed by atoms with Gasteiger partial charge in [-0.1, -0.05) is 74.0 Å². The molecule has 156 valence electrons. The second-order valence-corrected chi connectivity index (χ2v) is 7.97. The molecule has 0 radical (unpaired) electrons. The van der Waals surface area contributed by atoms with Gasteiger partial charge in [0.05, 0.1) is 5.02 Å². The van der Waals surface area contributed by atoms with Crippen LogP contribution in [0.5, 0.6) is 0 Å². The normalized spacial score (nSPS) is 11.0. The molecular weight excluding hydrogens is 410 g/mol. The maximum atomic E-state index is 12.0. The monoisotopic (exact) mass is 431 g/mol. The number of aromatic nitrogens is 2. The average molecular weight is 432 g/mol. The summed E-state index contributed by atoms with van der Waals surface area (Å²) in [5, 5.41) is 9.55. The number of hydrogen-bond acceptors (Lipinski definition) is 3. The number of carbonyl (C=O) groups excluding carboxylic acids is 1. The van der Waals surface area contributed by atoms with Crippen LogP contribution in [0.3, 0.4) is 0 Å². The van der Waals surface area contributed by atoms with Gasteiger partial charge < -0.3 is 0 Å². The summed E-state index contributed by atoms with van der Waals surface area (Å²) in [5.41, 5.74) is 6.77. The van der Waals surface area contributed by atoms with Gasteiger partial charge in [0.1, 0.15) is 11.5 Å². The van der Waals surface area contributed by atoms with Gasteiger partial charge in [0.2, 0.25) is 0 Å². The van der Waals surface area contributed by atoms with E-state index in [-0.39, 0.29) is 5.69 Å². The fourth-order valence-electron chi connectivity index (χ4n) is 3.47. The molecule has 4 aromatic rings. The van der Waals surface area contributed by atoms with Crippen molar-refractivity contribution in [2.45, 2.75) is 19.8 Å². The lowest BCUT2D eigenvalue weighted by Crippen LogP contribution is -2.18. The number of carbonyl (C=O) groups is 1. The first-order valence-corrected chi connectivity index (χ1v) is 10.3. The molecule has 6 heteroatoms. The highest BCUT2D eigenvalue weighted by Crippen LogP contribution is 2.30. The van der Waals surface area contributed by atoms with E-state index in [9.17, 15) is 4.79 Å². The Morgan fingerprint density at radius 3 is 2.42 bits per heavy atom. The maximum absolute atomic E-state index is 12.0. The van der Waals surface area contributed by atoms with Crippen molar-refractivity contribution in [2.75, 3.05) is 0 Å². The van der Waals surface area contributed by atoms with Gasteiger partial charge in [-0.05, 0) is 46.9 Å². The van der Waals surface area contributed by atoms with E-state index < -0.39 is 5.91 Å². The first-order chi connectivity index (χ1) is 15.0. The number of imidazole rings is 1. The third-order valence-corrected chi connectivity index (χ3v) is 5.52. The molecule has 0 fully saturated rings. The van der Waals surface area contributed by atoms with Crippen LogP contribution in [0, 0.1) is 0 Å². The van der Waals surface area contributed by atoms with E-state index in [0.717, 1.165) is 16.8 Å². The van der Waals surface area contributed by atoms with Gasteiger partial charge in [-0.15, -0.1) is 0 Å². The van der Waals surface area contributed by atoms with Gasteiger partial charge >= 0.3 is 0 Å². The largest absolute Gasteiger partial charge is 0.299 e. The Hall–Kier alpha value is -3.41. The smallest absolute Gasteiger partial charge is 0.294 e. The summed E-state index contributed by atoms with van der Waals surface area (Å²) in [7, 11) is 0. The van der Waals surface area contributed by atoms with Crippen LogP contribution in [0.15, 0.2) is 79.0 Å². The Balaban J connectivity index is 1.77. The Kier molecular flexibility index (Phi) is 5.89. The molecule has 2 N–H and O–H groups in total. The molecule has 0 saturated carbocycles. The lowest BCUT2D eigenvalue weighted by Gasteiger charge is -2.11. The number of benzene rings is 3. The van der Waals surface area contributed by atoms with Crippen molar-refractivity contribution in [2.24, 2.45) is 0 Å². The Morgan fingerprint density at radius 1 is 1.00 bits per heavy atom. The fraction of sp³-hybridized carbons (Fsp3) is 0.120. The van der Waals surface area contributed by atoms with Crippen LogP contribution in [-0.4, -0.2) is 20.7 Å². The van der Waals surface area contributed by atoms with Crippen molar-refractivity contribution in [1.82, 2.24) is 15.0 Å². The second-order valence-electron chi connectivity index (χ2n) is 7.57. The first-order valence-electron chi connectivity index (χ1n) is 9.97. The predicted octanol–water partition coefficient (Wildman–Crippen LogP) is 6.10. The molecule has 5 nitrogen and oxygen atoms in total. The van der Waals surface area contributed by atoms with Crippen molar-refractivity contribution in [3.8, 4) is 28.2 Å². The number of nitrogens with zero attached hydrogens (tertiary/aromatic N) is 2. The molecule has 0 aliphatic rings. The van der Waals surface area contributed by atoms with E-state index in [1.807, 2.05) is 42.5 Å². The molecular formula is C25H22ClN3O2. The Labute approximate surface area is 185 Å². The highest BCUT2D eigenvalue weighted by Gasteiger charge is 2.18. The van der Waals surface area contributed by atoms with E-state index in [1.165, 1.54) is 5.56 Å². The van der Waals surface area contributed by atoms with Crippen LogP contribution in [0.25, 0.3) is 28.2 Å². The van der Waals surface area contributed by atoms with Crippen molar-refractivity contribution < 1.29 is 10.0 Å². The molecule has 0 aliphatic carbocycles. The zero-order valence-corrected chi connectivity index (χ0v) is 18.0. The van der Waals surface area contributed by atoms with E-state index >= 15 is 0 Å². The minimum Gasteiger partial charge on any atom is -0.299 e. The number of halogens is 1. The van der Waals surface area contributed by atoms with Gasteiger partial charge in [-0.25, -0.2) is 10.5 Å². The highest BCUT2D eigenvalue weighted by molar-refractivity contribution is 6.33. The summed E-state index contributed by atoms with van der Waals surface area (Å²) in [6, 6.07) is 23.8. The number of hydrogen-bond donors (Lipinski definition) is 2. The zero-order valence-electron chi connectivity index (χ0n) is 17.2. The Morgan fingerprint density at radius 2 is 1.74 bits per heavy atom. The summed E-state index contributed by atoms with van der Waals surface area (Å²) in [5.74, 6) is 0.285. The van der Waals surface area contributed by atoms with Gasteiger partial charge in [0.25, 0.3) is 5.91 Å². The molecule has 31 heavy (non-hydrogen) atoms. The zero-order chi connectivity index (χ0) is 22.0. The van der Waals surface area contributed by atoms with Crippen molar-refractivity contribution in [3.63, 3.8) is 0 Å². The predicted molar refractivity (Wildman–Crippen MR) is 123 cm³/mol.